The van der Waals surface area contributed by atoms with E-state index in [1.165, 1.54) is 0 Å². The van der Waals surface area contributed by atoms with Crippen molar-refractivity contribution in [2.24, 2.45) is 0 Å². The number of hydrogen-bond acceptors (Lipinski definition) is 5. The molecule has 1 aromatic heterocycles. The number of benzene rings is 1. The van der Waals surface area contributed by atoms with Crippen molar-refractivity contribution in [2.45, 2.75) is 6.54 Å². The summed E-state index contributed by atoms with van der Waals surface area (Å²) in [6, 6.07) is 12.5. The summed E-state index contributed by atoms with van der Waals surface area (Å²) in [5, 5.41) is 8.75. The molecule has 23 heavy (non-hydrogen) atoms. The third-order valence-electron chi connectivity index (χ3n) is 3.21. The number of imide groups is 1. The quantitative estimate of drug-likeness (QED) is 0.538. The number of nitrogens with zero attached hydrogens (tertiary/aromatic N) is 2. The lowest BCUT2D eigenvalue weighted by Gasteiger charge is -2.13. The number of carbonyl (C=O) groups is 2. The van der Waals surface area contributed by atoms with Crippen LogP contribution in [0.25, 0.3) is 6.08 Å². The molecular weight excluding hydrogens is 427 g/mol. The predicted octanol–water partition coefficient (Wildman–Crippen LogP) is 3.99. The smallest absolute Gasteiger partial charge is 0.293 e. The molecule has 1 fully saturated rings. The van der Waals surface area contributed by atoms with Gasteiger partial charge in [-0.25, -0.2) is 0 Å². The van der Waals surface area contributed by atoms with Crippen molar-refractivity contribution in [3.05, 3.63) is 62.0 Å². The van der Waals surface area contributed by atoms with E-state index in [4.69, 9.17) is 9.68 Å². The molecule has 1 aromatic carbocycles. The van der Waals surface area contributed by atoms with Gasteiger partial charge in [0.05, 0.1) is 23.1 Å². The van der Waals surface area contributed by atoms with E-state index in [0.717, 1.165) is 16.7 Å². The maximum atomic E-state index is 12.4. The van der Waals surface area contributed by atoms with Gasteiger partial charge in [-0.05, 0) is 58.1 Å². The minimum atomic E-state index is -0.376. The SMILES string of the molecule is N#Cc1ccccc1CN1C(=O)SC(=Cc2ccc(I)o2)C1=O. The molecule has 0 saturated carbocycles. The van der Waals surface area contributed by atoms with Crippen LogP contribution in [0.5, 0.6) is 0 Å². The highest BCUT2D eigenvalue weighted by molar-refractivity contribution is 14.1. The Morgan fingerprint density at radius 1 is 1.26 bits per heavy atom. The Morgan fingerprint density at radius 2 is 2.04 bits per heavy atom. The lowest BCUT2D eigenvalue weighted by molar-refractivity contribution is -0.123. The second-order valence-corrected chi connectivity index (χ2v) is 6.74. The number of amides is 2. The van der Waals surface area contributed by atoms with Gasteiger partial charge in [0.15, 0.2) is 3.77 Å². The summed E-state index contributed by atoms with van der Waals surface area (Å²) < 4.78 is 6.10. The summed E-state index contributed by atoms with van der Waals surface area (Å²) in [5.41, 5.74) is 1.10. The van der Waals surface area contributed by atoms with Crippen molar-refractivity contribution in [3.63, 3.8) is 0 Å². The van der Waals surface area contributed by atoms with Gasteiger partial charge in [-0.3, -0.25) is 14.5 Å². The van der Waals surface area contributed by atoms with Gasteiger partial charge in [0, 0.05) is 6.08 Å². The standard InChI is InChI=1S/C16H9IN2O3S/c17-14-6-5-12(22-14)7-13-15(20)19(16(21)23-13)9-11-4-2-1-3-10(11)8-18/h1-7H,9H2. The number of furan rings is 1. The molecule has 0 atom stereocenters. The number of halogens is 1. The van der Waals surface area contributed by atoms with Crippen LogP contribution in [0.3, 0.4) is 0 Å². The maximum Gasteiger partial charge on any atom is 0.293 e. The molecule has 114 valence electrons. The lowest BCUT2D eigenvalue weighted by atomic mass is 10.1. The first-order valence-electron chi connectivity index (χ1n) is 6.57. The van der Waals surface area contributed by atoms with Crippen LogP contribution < -0.4 is 0 Å². The minimum absolute atomic E-state index is 0.0848. The van der Waals surface area contributed by atoms with E-state index in [1.807, 2.05) is 22.6 Å². The van der Waals surface area contributed by atoms with Gasteiger partial charge >= 0.3 is 0 Å². The molecule has 2 amide bonds. The van der Waals surface area contributed by atoms with Crippen LogP contribution in [-0.2, 0) is 11.3 Å². The van der Waals surface area contributed by atoms with Gasteiger partial charge < -0.3 is 4.42 Å². The molecule has 2 aromatic rings. The molecule has 0 radical (unpaired) electrons. The Balaban J connectivity index is 1.85. The average Bonchev–Trinajstić information content (AvgIpc) is 3.06. The lowest BCUT2D eigenvalue weighted by Crippen LogP contribution is -2.27. The van der Waals surface area contributed by atoms with E-state index in [0.29, 0.717) is 25.6 Å². The molecule has 2 heterocycles. The summed E-state index contributed by atoms with van der Waals surface area (Å²) in [6.07, 6.45) is 1.56. The van der Waals surface area contributed by atoms with Crippen LogP contribution in [0.15, 0.2) is 45.7 Å². The molecule has 0 aliphatic carbocycles. The Hall–Kier alpha value is -2.05. The summed E-state index contributed by atoms with van der Waals surface area (Å²) >= 11 is 2.90. The normalized spacial score (nSPS) is 16.2. The third kappa shape index (κ3) is 3.33. The number of thioether (sulfide) groups is 1. The fraction of sp³-hybridized carbons (Fsp3) is 0.0625. The van der Waals surface area contributed by atoms with Gasteiger partial charge in [0.2, 0.25) is 0 Å². The number of hydrogen-bond donors (Lipinski definition) is 0. The first-order valence-corrected chi connectivity index (χ1v) is 8.46. The summed E-state index contributed by atoms with van der Waals surface area (Å²) in [6.45, 7) is 0.0848. The highest BCUT2D eigenvalue weighted by Crippen LogP contribution is 2.33. The van der Waals surface area contributed by atoms with Crippen LogP contribution in [-0.4, -0.2) is 16.0 Å². The number of rotatable bonds is 3. The van der Waals surface area contributed by atoms with Gasteiger partial charge in [-0.1, -0.05) is 18.2 Å². The molecule has 1 saturated heterocycles. The van der Waals surface area contributed by atoms with Crippen LogP contribution in [0, 0.1) is 15.1 Å². The Kier molecular flexibility index (Phi) is 4.54. The molecule has 0 N–H and O–H groups in total. The molecule has 0 spiro atoms. The van der Waals surface area contributed by atoms with Crippen molar-refractivity contribution in [3.8, 4) is 6.07 Å². The van der Waals surface area contributed by atoms with E-state index >= 15 is 0 Å². The largest absolute Gasteiger partial charge is 0.451 e. The molecule has 3 rings (SSSR count). The Labute approximate surface area is 150 Å². The van der Waals surface area contributed by atoms with Crippen LogP contribution in [0.2, 0.25) is 0 Å². The van der Waals surface area contributed by atoms with E-state index in [-0.39, 0.29) is 17.7 Å². The molecule has 0 unspecified atom stereocenters. The first-order chi connectivity index (χ1) is 11.1. The van der Waals surface area contributed by atoms with Gasteiger partial charge in [0.1, 0.15) is 5.76 Å². The monoisotopic (exact) mass is 436 g/mol. The number of nitriles is 1. The summed E-state index contributed by atoms with van der Waals surface area (Å²) in [4.78, 5) is 26.0. The number of carbonyl (C=O) groups excluding carboxylic acids is 2. The Morgan fingerprint density at radius 3 is 2.74 bits per heavy atom. The highest BCUT2D eigenvalue weighted by atomic mass is 127. The molecule has 7 heteroatoms. The first kappa shape index (κ1) is 15.8. The topological polar surface area (TPSA) is 74.3 Å². The van der Waals surface area contributed by atoms with Crippen LogP contribution in [0.4, 0.5) is 4.79 Å². The molecule has 0 bridgehead atoms. The maximum absolute atomic E-state index is 12.4. The minimum Gasteiger partial charge on any atom is -0.451 e. The zero-order valence-corrected chi connectivity index (χ0v) is 14.6. The zero-order chi connectivity index (χ0) is 16.4. The van der Waals surface area contributed by atoms with Crippen molar-refractivity contribution >= 4 is 51.6 Å². The second-order valence-electron chi connectivity index (χ2n) is 4.68. The molecule has 1 aliphatic heterocycles. The summed E-state index contributed by atoms with van der Waals surface area (Å²) in [7, 11) is 0. The highest BCUT2D eigenvalue weighted by Gasteiger charge is 2.35. The van der Waals surface area contributed by atoms with Crippen molar-refractivity contribution in [1.29, 1.82) is 5.26 Å². The fourth-order valence-electron chi connectivity index (χ4n) is 2.11. The van der Waals surface area contributed by atoms with Gasteiger partial charge in [-0.2, -0.15) is 5.26 Å². The summed E-state index contributed by atoms with van der Waals surface area (Å²) in [5.74, 6) is 0.150. The van der Waals surface area contributed by atoms with Crippen molar-refractivity contribution in [1.82, 2.24) is 4.90 Å². The van der Waals surface area contributed by atoms with Crippen LogP contribution in [0.1, 0.15) is 16.9 Å². The van der Waals surface area contributed by atoms with Crippen LogP contribution >= 0.6 is 34.4 Å². The van der Waals surface area contributed by atoms with E-state index < -0.39 is 0 Å². The van der Waals surface area contributed by atoms with Crippen molar-refractivity contribution < 1.29 is 14.0 Å². The average molecular weight is 436 g/mol. The Bertz CT molecular complexity index is 866. The van der Waals surface area contributed by atoms with E-state index in [2.05, 4.69) is 6.07 Å². The van der Waals surface area contributed by atoms with E-state index in [1.54, 1.807) is 42.5 Å². The van der Waals surface area contributed by atoms with Gasteiger partial charge in [0.25, 0.3) is 11.1 Å². The molecule has 1 aliphatic rings. The predicted molar refractivity (Wildman–Crippen MR) is 94.1 cm³/mol. The second kappa shape index (κ2) is 6.60. The zero-order valence-electron chi connectivity index (χ0n) is 11.7. The van der Waals surface area contributed by atoms with Crippen molar-refractivity contribution in [2.75, 3.05) is 0 Å². The molecular formula is C16H9IN2O3S. The van der Waals surface area contributed by atoms with Gasteiger partial charge in [-0.15, -0.1) is 0 Å². The third-order valence-corrected chi connectivity index (χ3v) is 4.69. The molecule has 5 nitrogen and oxygen atoms in total. The fourth-order valence-corrected chi connectivity index (χ4v) is 3.36. The van der Waals surface area contributed by atoms with E-state index in [9.17, 15) is 9.59 Å².